The first-order chi connectivity index (χ1) is 13.8. The van der Waals surface area contributed by atoms with E-state index in [4.69, 9.17) is 28.5 Å². The molecule has 1 aliphatic heterocycles. The molecule has 0 bridgehead atoms. The minimum Gasteiger partial charge on any atom is -0.294 e. The summed E-state index contributed by atoms with van der Waals surface area (Å²) in [5.41, 5.74) is 0.682. The van der Waals surface area contributed by atoms with Crippen LogP contribution in [0.4, 0.5) is 10.3 Å². The Morgan fingerprint density at radius 1 is 1.24 bits per heavy atom. The van der Waals surface area contributed by atoms with Gasteiger partial charge in [0.2, 0.25) is 5.95 Å². The number of amides is 1. The first-order valence-electron chi connectivity index (χ1n) is 8.47. The molecular formula is C20H12Cl2FIN4O. The van der Waals surface area contributed by atoms with E-state index in [1.807, 2.05) is 4.57 Å². The van der Waals surface area contributed by atoms with Crippen molar-refractivity contribution in [3.63, 3.8) is 0 Å². The lowest BCUT2D eigenvalue weighted by molar-refractivity contribution is -0.123. The zero-order chi connectivity index (χ0) is 20.9. The third-order valence-corrected chi connectivity index (χ3v) is 6.45. The lowest BCUT2D eigenvalue weighted by atomic mass is 9.75. The summed E-state index contributed by atoms with van der Waals surface area (Å²) < 4.78 is 16.7. The minimum absolute atomic E-state index is 0.131. The molecule has 1 unspecified atom stereocenters. The van der Waals surface area contributed by atoms with Gasteiger partial charge in [0, 0.05) is 5.92 Å². The van der Waals surface area contributed by atoms with Crippen molar-refractivity contribution in [2.24, 2.45) is 0 Å². The van der Waals surface area contributed by atoms with E-state index < -0.39 is 17.3 Å². The quantitative estimate of drug-likeness (QED) is 0.362. The Morgan fingerprint density at radius 3 is 2.45 bits per heavy atom. The van der Waals surface area contributed by atoms with Gasteiger partial charge in [0.05, 0.1) is 27.9 Å². The van der Waals surface area contributed by atoms with Crippen LogP contribution < -0.4 is 5.32 Å². The molecule has 5 nitrogen and oxygen atoms in total. The molecule has 0 radical (unpaired) electrons. The zero-order valence-electron chi connectivity index (χ0n) is 14.9. The third kappa shape index (κ3) is 3.10. The smallest absolute Gasteiger partial charge is 0.253 e. The number of anilines is 1. The van der Waals surface area contributed by atoms with Gasteiger partial charge in [-0.05, 0) is 64.9 Å². The fourth-order valence-corrected chi connectivity index (χ4v) is 5.16. The molecule has 0 fully saturated rings. The summed E-state index contributed by atoms with van der Waals surface area (Å²) in [5, 5.41) is 11.7. The van der Waals surface area contributed by atoms with Gasteiger partial charge in [-0.2, -0.15) is 5.26 Å². The monoisotopic (exact) mass is 540 g/mol. The number of nitrogens with one attached hydrogen (secondary N) is 1. The first kappa shape index (κ1) is 20.1. The highest BCUT2D eigenvalue weighted by Crippen LogP contribution is 2.47. The standard InChI is InChI=1S/C20H12Cl2FIN4O/c1-20(18(29)27-19-26-9-15(24)28(19)20)16(11-4-2-10(8-25)3-5-11)12-6-13(21)17(23)14(22)7-12/h2-7,9,16H,1H3,(H,26,27,29)/t16-,20?/m1/s1. The highest BCUT2D eigenvalue weighted by Gasteiger charge is 2.51. The van der Waals surface area contributed by atoms with Crippen LogP contribution in [0.3, 0.4) is 0 Å². The number of imidazole rings is 1. The van der Waals surface area contributed by atoms with Crippen molar-refractivity contribution < 1.29 is 9.18 Å². The average molecular weight is 541 g/mol. The molecule has 1 N–H and O–H groups in total. The predicted octanol–water partition coefficient (Wildman–Crippen LogP) is 5.30. The van der Waals surface area contributed by atoms with E-state index >= 15 is 0 Å². The molecule has 9 heteroatoms. The Kier molecular flexibility index (Phi) is 5.05. The number of rotatable bonds is 3. The molecule has 2 aromatic carbocycles. The second kappa shape index (κ2) is 7.27. The van der Waals surface area contributed by atoms with Crippen LogP contribution in [0.1, 0.15) is 29.5 Å². The Balaban J connectivity index is 2.00. The van der Waals surface area contributed by atoms with Crippen molar-refractivity contribution in [1.82, 2.24) is 9.55 Å². The fraction of sp³-hybridized carbons (Fsp3) is 0.150. The molecule has 146 valence electrons. The van der Waals surface area contributed by atoms with Crippen molar-refractivity contribution in [2.45, 2.75) is 18.4 Å². The Bertz CT molecular complexity index is 1170. The summed E-state index contributed by atoms with van der Waals surface area (Å²) in [6.07, 6.45) is 1.66. The summed E-state index contributed by atoms with van der Waals surface area (Å²) in [7, 11) is 0. The second-order valence-corrected chi connectivity index (χ2v) is 8.73. The number of benzene rings is 2. The molecule has 1 aromatic heterocycles. The summed E-state index contributed by atoms with van der Waals surface area (Å²) in [6, 6.07) is 11.9. The van der Waals surface area contributed by atoms with E-state index in [0.29, 0.717) is 17.1 Å². The molecule has 0 spiro atoms. The first-order valence-corrected chi connectivity index (χ1v) is 10.3. The van der Waals surface area contributed by atoms with Gasteiger partial charge >= 0.3 is 0 Å². The van der Waals surface area contributed by atoms with E-state index in [1.54, 1.807) is 37.4 Å². The highest BCUT2D eigenvalue weighted by molar-refractivity contribution is 14.1. The Labute approximate surface area is 189 Å². The molecule has 29 heavy (non-hydrogen) atoms. The fourth-order valence-electron chi connectivity index (χ4n) is 3.78. The van der Waals surface area contributed by atoms with Gasteiger partial charge in [-0.1, -0.05) is 35.3 Å². The predicted molar refractivity (Wildman–Crippen MR) is 117 cm³/mol. The van der Waals surface area contributed by atoms with Crippen LogP contribution in [0.25, 0.3) is 0 Å². The summed E-state index contributed by atoms with van der Waals surface area (Å²) >= 11 is 14.3. The van der Waals surface area contributed by atoms with Gasteiger partial charge in [-0.3, -0.25) is 14.7 Å². The van der Waals surface area contributed by atoms with Gasteiger partial charge in [-0.25, -0.2) is 9.37 Å². The van der Waals surface area contributed by atoms with Gasteiger partial charge in [0.25, 0.3) is 5.91 Å². The zero-order valence-corrected chi connectivity index (χ0v) is 18.5. The van der Waals surface area contributed by atoms with Crippen molar-refractivity contribution in [3.05, 3.63) is 78.8 Å². The highest BCUT2D eigenvalue weighted by atomic mass is 127. The van der Waals surface area contributed by atoms with Crippen LogP contribution in [0.5, 0.6) is 0 Å². The van der Waals surface area contributed by atoms with Crippen molar-refractivity contribution >= 4 is 57.6 Å². The number of halogens is 4. The van der Waals surface area contributed by atoms with E-state index in [0.717, 1.165) is 9.26 Å². The molecule has 2 heterocycles. The van der Waals surface area contributed by atoms with Crippen LogP contribution in [-0.2, 0) is 10.3 Å². The number of nitrogens with zero attached hydrogens (tertiary/aromatic N) is 3. The summed E-state index contributed by atoms with van der Waals surface area (Å²) in [4.78, 5) is 17.4. The van der Waals surface area contributed by atoms with Crippen LogP contribution in [0.2, 0.25) is 10.0 Å². The normalized spacial score (nSPS) is 18.8. The largest absolute Gasteiger partial charge is 0.294 e. The third-order valence-electron chi connectivity index (χ3n) is 5.14. The Morgan fingerprint density at radius 2 is 1.86 bits per heavy atom. The number of carbonyl (C=O) groups excluding carboxylic acids is 1. The van der Waals surface area contributed by atoms with Crippen LogP contribution in [0, 0.1) is 20.8 Å². The lowest BCUT2D eigenvalue weighted by Gasteiger charge is -2.35. The lowest BCUT2D eigenvalue weighted by Crippen LogP contribution is -2.43. The van der Waals surface area contributed by atoms with E-state index in [1.165, 1.54) is 12.1 Å². The number of aromatic nitrogens is 2. The molecular weight excluding hydrogens is 529 g/mol. The molecule has 0 saturated carbocycles. The van der Waals surface area contributed by atoms with Crippen molar-refractivity contribution in [1.29, 1.82) is 5.26 Å². The van der Waals surface area contributed by atoms with Crippen molar-refractivity contribution in [2.75, 3.05) is 5.32 Å². The summed E-state index contributed by atoms with van der Waals surface area (Å²) in [5.74, 6) is -1.12. The SMILES string of the molecule is CC1([C@H](c2ccc(C#N)cc2)c2cc(Cl)c(F)c(Cl)c2)C(=O)Nc2ncc(I)n21. The van der Waals surface area contributed by atoms with Gasteiger partial charge in [0.1, 0.15) is 9.24 Å². The van der Waals surface area contributed by atoms with E-state index in [9.17, 15) is 9.18 Å². The number of fused-ring (bicyclic) bond motifs is 1. The molecule has 0 aliphatic carbocycles. The summed E-state index contributed by atoms with van der Waals surface area (Å²) in [6.45, 7) is 1.79. The number of nitriles is 1. The van der Waals surface area contributed by atoms with Crippen LogP contribution in [0.15, 0.2) is 42.6 Å². The molecule has 2 atom stereocenters. The van der Waals surface area contributed by atoms with Crippen molar-refractivity contribution in [3.8, 4) is 6.07 Å². The van der Waals surface area contributed by atoms with Crippen LogP contribution in [-0.4, -0.2) is 15.5 Å². The van der Waals surface area contributed by atoms with E-state index in [-0.39, 0.29) is 16.0 Å². The van der Waals surface area contributed by atoms with Gasteiger partial charge < -0.3 is 0 Å². The number of hydrogen-bond donors (Lipinski definition) is 1. The average Bonchev–Trinajstić information content (AvgIpc) is 3.18. The molecule has 4 rings (SSSR count). The number of carbonyl (C=O) groups is 1. The maximum atomic E-state index is 14.1. The molecule has 3 aromatic rings. The van der Waals surface area contributed by atoms with Gasteiger partial charge in [-0.15, -0.1) is 0 Å². The number of hydrogen-bond acceptors (Lipinski definition) is 3. The molecule has 1 aliphatic rings. The maximum Gasteiger partial charge on any atom is 0.253 e. The maximum absolute atomic E-state index is 14.1. The molecule has 1 amide bonds. The second-order valence-electron chi connectivity index (χ2n) is 6.81. The van der Waals surface area contributed by atoms with E-state index in [2.05, 4.69) is 39.0 Å². The Hall–Kier alpha value is -2.15. The minimum atomic E-state index is -1.12. The molecule has 0 saturated heterocycles. The van der Waals surface area contributed by atoms with Gasteiger partial charge in [0.15, 0.2) is 5.82 Å². The van der Waals surface area contributed by atoms with Crippen LogP contribution >= 0.6 is 45.8 Å². The topological polar surface area (TPSA) is 70.7 Å².